The van der Waals surface area contributed by atoms with Crippen molar-refractivity contribution in [1.29, 1.82) is 0 Å². The standard InChI is InChI=1S/C27H33NOSi/c1-27(2,3)30(25-12-6-4-7-13-25,26-14-8-5-9-15-26)29-22-23-16-18-24(19-17-23)28-20-10-11-21-28/h4-9,12-19H,10-11,20-22H2,1-3H3/i20D. The van der Waals surface area contributed by atoms with Crippen molar-refractivity contribution in [2.75, 3.05) is 18.0 Å². The first-order valence-corrected chi connectivity index (χ1v) is 12.9. The molecule has 0 aliphatic carbocycles. The van der Waals surface area contributed by atoms with Crippen molar-refractivity contribution < 1.29 is 5.80 Å². The average molecular weight is 417 g/mol. The van der Waals surface area contributed by atoms with Crippen LogP contribution in [-0.2, 0) is 11.0 Å². The largest absolute Gasteiger partial charge is 0.403 e. The van der Waals surface area contributed by atoms with E-state index in [-0.39, 0.29) is 11.6 Å². The maximum absolute atomic E-state index is 8.21. The normalized spacial score (nSPS) is 17.8. The van der Waals surface area contributed by atoms with E-state index in [0.717, 1.165) is 25.1 Å². The Morgan fingerprint density at radius 2 is 1.40 bits per heavy atom. The van der Waals surface area contributed by atoms with Crippen LogP contribution in [-0.4, -0.2) is 21.4 Å². The van der Waals surface area contributed by atoms with Crippen LogP contribution in [0.15, 0.2) is 84.9 Å². The van der Waals surface area contributed by atoms with E-state index in [1.807, 2.05) is 0 Å². The lowest BCUT2D eigenvalue weighted by Crippen LogP contribution is -2.66. The minimum atomic E-state index is -2.52. The first-order valence-electron chi connectivity index (χ1n) is 11.5. The summed E-state index contributed by atoms with van der Waals surface area (Å²) in [6.45, 7) is 8.38. The van der Waals surface area contributed by atoms with Crippen molar-refractivity contribution in [1.82, 2.24) is 0 Å². The number of rotatable bonds is 6. The Labute approximate surface area is 184 Å². The fourth-order valence-electron chi connectivity index (χ4n) is 4.57. The molecule has 1 aliphatic heterocycles. The molecule has 30 heavy (non-hydrogen) atoms. The topological polar surface area (TPSA) is 12.5 Å². The molecule has 1 heterocycles. The summed E-state index contributed by atoms with van der Waals surface area (Å²) in [5, 5.41) is 2.59. The van der Waals surface area contributed by atoms with Crippen molar-refractivity contribution in [3.8, 4) is 0 Å². The van der Waals surface area contributed by atoms with Gasteiger partial charge in [-0.3, -0.25) is 0 Å². The maximum atomic E-state index is 8.21. The van der Waals surface area contributed by atoms with E-state index in [1.54, 1.807) is 0 Å². The van der Waals surface area contributed by atoms with E-state index in [2.05, 4.69) is 111 Å². The molecule has 4 rings (SSSR count). The molecule has 1 saturated heterocycles. The number of hydrogen-bond donors (Lipinski definition) is 0. The Morgan fingerprint density at radius 1 is 0.833 bits per heavy atom. The van der Waals surface area contributed by atoms with E-state index in [9.17, 15) is 0 Å². The van der Waals surface area contributed by atoms with Crippen LogP contribution in [0, 0.1) is 0 Å². The molecule has 156 valence electrons. The van der Waals surface area contributed by atoms with Gasteiger partial charge in [0.15, 0.2) is 0 Å². The lowest BCUT2D eigenvalue weighted by molar-refractivity contribution is 0.286. The number of benzene rings is 3. The number of nitrogens with zero attached hydrogens (tertiary/aromatic N) is 1. The molecule has 1 unspecified atom stereocenters. The molecular weight excluding hydrogens is 382 g/mol. The van der Waals surface area contributed by atoms with Gasteiger partial charge in [-0.05, 0) is 45.9 Å². The molecule has 0 amide bonds. The average Bonchev–Trinajstić information content (AvgIpc) is 3.21. The summed E-state index contributed by atoms with van der Waals surface area (Å²) in [6, 6.07) is 30.2. The second kappa shape index (κ2) is 8.79. The zero-order valence-electron chi connectivity index (χ0n) is 19.3. The van der Waals surface area contributed by atoms with Gasteiger partial charge in [-0.25, -0.2) is 0 Å². The molecule has 3 aromatic rings. The lowest BCUT2D eigenvalue weighted by Gasteiger charge is -2.43. The molecular formula is C27H33NOSi. The van der Waals surface area contributed by atoms with Crippen LogP contribution in [0.5, 0.6) is 0 Å². The molecule has 0 radical (unpaired) electrons. The highest BCUT2D eigenvalue weighted by Crippen LogP contribution is 2.37. The zero-order valence-corrected chi connectivity index (χ0v) is 19.3. The van der Waals surface area contributed by atoms with Crippen LogP contribution in [0.3, 0.4) is 0 Å². The van der Waals surface area contributed by atoms with Gasteiger partial charge >= 0.3 is 0 Å². The highest BCUT2D eigenvalue weighted by molar-refractivity contribution is 6.99. The molecule has 3 aromatic carbocycles. The summed E-state index contributed by atoms with van der Waals surface area (Å²) in [4.78, 5) is 2.19. The third kappa shape index (κ3) is 4.10. The molecule has 1 fully saturated rings. The molecule has 1 aliphatic rings. The SMILES string of the molecule is [2H]C1CCCN1c1ccc(CO[Si](c2ccccc2)(c2ccccc2)C(C)(C)C)cc1. The van der Waals surface area contributed by atoms with Crippen molar-refractivity contribution in [2.24, 2.45) is 0 Å². The lowest BCUT2D eigenvalue weighted by atomic mass is 10.2. The van der Waals surface area contributed by atoms with E-state index in [1.165, 1.54) is 15.9 Å². The monoisotopic (exact) mass is 416 g/mol. The Kier molecular flexibility index (Phi) is 5.74. The van der Waals surface area contributed by atoms with Crippen molar-refractivity contribution in [2.45, 2.75) is 45.3 Å². The van der Waals surface area contributed by atoms with Crippen molar-refractivity contribution >= 4 is 24.4 Å². The highest BCUT2D eigenvalue weighted by atomic mass is 28.4. The fraction of sp³-hybridized carbons (Fsp3) is 0.333. The minimum Gasteiger partial charge on any atom is -0.403 e. The van der Waals surface area contributed by atoms with Gasteiger partial charge in [-0.1, -0.05) is 93.6 Å². The highest BCUT2D eigenvalue weighted by Gasteiger charge is 2.50. The second-order valence-electron chi connectivity index (χ2n) is 9.14. The first kappa shape index (κ1) is 19.6. The van der Waals surface area contributed by atoms with Crippen LogP contribution in [0.1, 0.15) is 40.5 Å². The predicted octanol–water partition coefficient (Wildman–Crippen LogP) is 5.36. The second-order valence-corrected chi connectivity index (χ2v) is 13.4. The van der Waals surface area contributed by atoms with E-state index in [0.29, 0.717) is 6.61 Å². The molecule has 0 saturated carbocycles. The molecule has 1 atom stereocenters. The molecule has 0 N–H and O–H groups in total. The number of anilines is 1. The van der Waals surface area contributed by atoms with Gasteiger partial charge in [0.2, 0.25) is 0 Å². The molecule has 3 heteroatoms. The van der Waals surface area contributed by atoms with Gasteiger partial charge in [0.25, 0.3) is 8.32 Å². The Hall–Kier alpha value is -2.36. The third-order valence-corrected chi connectivity index (χ3v) is 11.1. The van der Waals surface area contributed by atoms with Gasteiger partial charge in [0, 0.05) is 20.1 Å². The summed E-state index contributed by atoms with van der Waals surface area (Å²) >= 11 is 0. The van der Waals surface area contributed by atoms with Gasteiger partial charge in [0.05, 0.1) is 6.61 Å². The summed E-state index contributed by atoms with van der Waals surface area (Å²) in [7, 11) is -2.52. The van der Waals surface area contributed by atoms with Crippen LogP contribution >= 0.6 is 0 Å². The van der Waals surface area contributed by atoms with Crippen molar-refractivity contribution in [3.05, 3.63) is 90.5 Å². The van der Waals surface area contributed by atoms with Crippen LogP contribution < -0.4 is 15.3 Å². The minimum absolute atomic E-state index is 0.0242. The van der Waals surface area contributed by atoms with E-state index in [4.69, 9.17) is 5.80 Å². The van der Waals surface area contributed by atoms with Gasteiger partial charge < -0.3 is 9.33 Å². The van der Waals surface area contributed by atoms with Crippen LogP contribution in [0.2, 0.25) is 5.04 Å². The Morgan fingerprint density at radius 3 is 1.87 bits per heavy atom. The molecule has 0 aromatic heterocycles. The molecule has 0 bridgehead atoms. The predicted molar refractivity (Wildman–Crippen MR) is 130 cm³/mol. The van der Waals surface area contributed by atoms with Crippen LogP contribution in [0.4, 0.5) is 5.69 Å². The molecule has 2 nitrogen and oxygen atoms in total. The fourth-order valence-corrected chi connectivity index (χ4v) is 9.11. The third-order valence-electron chi connectivity index (χ3n) is 6.09. The maximum Gasteiger partial charge on any atom is 0.261 e. The summed E-state index contributed by atoms with van der Waals surface area (Å²) < 4.78 is 15.2. The Balaban J connectivity index is 1.66. The quantitative estimate of drug-likeness (QED) is 0.501. The summed E-state index contributed by atoms with van der Waals surface area (Å²) in [6.07, 6.45) is 2.06. The van der Waals surface area contributed by atoms with Gasteiger partial charge in [-0.15, -0.1) is 0 Å². The Bertz CT molecular complexity index is 930. The van der Waals surface area contributed by atoms with E-state index >= 15 is 0 Å². The number of hydrogen-bond acceptors (Lipinski definition) is 2. The van der Waals surface area contributed by atoms with E-state index < -0.39 is 8.32 Å². The zero-order chi connectivity index (χ0) is 21.9. The van der Waals surface area contributed by atoms with Gasteiger partial charge in [0.1, 0.15) is 0 Å². The molecule has 0 spiro atoms. The first-order chi connectivity index (χ1) is 14.9. The van der Waals surface area contributed by atoms with Gasteiger partial charge in [-0.2, -0.15) is 0 Å². The summed E-state index contributed by atoms with van der Waals surface area (Å²) in [5.41, 5.74) is 2.32. The summed E-state index contributed by atoms with van der Waals surface area (Å²) in [5.74, 6) is 0. The smallest absolute Gasteiger partial charge is 0.261 e. The van der Waals surface area contributed by atoms with Crippen LogP contribution in [0.25, 0.3) is 0 Å². The van der Waals surface area contributed by atoms with Crippen molar-refractivity contribution in [3.63, 3.8) is 0 Å².